The van der Waals surface area contributed by atoms with Crippen molar-refractivity contribution in [2.45, 2.75) is 39.0 Å². The van der Waals surface area contributed by atoms with Crippen molar-refractivity contribution in [2.75, 3.05) is 5.32 Å². The Kier molecular flexibility index (Phi) is 4.94. The van der Waals surface area contributed by atoms with Gasteiger partial charge in [-0.1, -0.05) is 53.3 Å². The number of nitrogens with zero attached hydrogens (tertiary/aromatic N) is 1. The number of Topliss-reactive ketones (excluding diaryl/α,β-unsaturated/α-hetero) is 1. The molecular formula is C25H23N3O2S. The van der Waals surface area contributed by atoms with Gasteiger partial charge in [0.25, 0.3) is 5.91 Å². The van der Waals surface area contributed by atoms with Crippen molar-refractivity contribution in [3.8, 4) is 0 Å². The van der Waals surface area contributed by atoms with Crippen LogP contribution in [0.5, 0.6) is 0 Å². The van der Waals surface area contributed by atoms with Crippen LogP contribution in [-0.4, -0.2) is 16.7 Å². The molecule has 0 fully saturated rings. The number of hydrogen-bond acceptors (Lipinski definition) is 5. The molecule has 1 aromatic heterocycles. The number of allylic oxidation sites excluding steroid dienone is 3. The maximum Gasteiger partial charge on any atom is 0.256 e. The highest BCUT2D eigenvalue weighted by molar-refractivity contribution is 7.22. The Bertz CT molecular complexity index is 1230. The quantitative estimate of drug-likeness (QED) is 0.599. The van der Waals surface area contributed by atoms with E-state index in [-0.39, 0.29) is 17.6 Å². The van der Waals surface area contributed by atoms with Crippen LogP contribution in [0.4, 0.5) is 5.13 Å². The zero-order valence-electron chi connectivity index (χ0n) is 17.5. The second-order valence-electron chi connectivity index (χ2n) is 8.12. The number of benzene rings is 2. The van der Waals surface area contributed by atoms with Crippen molar-refractivity contribution < 1.29 is 9.59 Å². The van der Waals surface area contributed by atoms with E-state index in [4.69, 9.17) is 0 Å². The maximum atomic E-state index is 13.5. The van der Waals surface area contributed by atoms with Gasteiger partial charge in [0, 0.05) is 34.9 Å². The molecule has 1 atom stereocenters. The molecule has 1 aliphatic heterocycles. The van der Waals surface area contributed by atoms with Crippen LogP contribution in [0, 0.1) is 6.92 Å². The largest absolute Gasteiger partial charge is 0.362 e. The predicted octanol–water partition coefficient (Wildman–Crippen LogP) is 5.21. The van der Waals surface area contributed by atoms with Crippen molar-refractivity contribution in [1.82, 2.24) is 10.3 Å². The van der Waals surface area contributed by atoms with Gasteiger partial charge < -0.3 is 5.32 Å². The first kappa shape index (κ1) is 19.7. The summed E-state index contributed by atoms with van der Waals surface area (Å²) >= 11 is 1.45. The Morgan fingerprint density at radius 1 is 1.10 bits per heavy atom. The number of nitrogens with one attached hydrogen (secondary N) is 2. The number of thiazole rings is 1. The average molecular weight is 430 g/mol. The van der Waals surface area contributed by atoms with Crippen molar-refractivity contribution >= 4 is 38.4 Å². The third kappa shape index (κ3) is 3.57. The molecule has 5 rings (SSSR count). The van der Waals surface area contributed by atoms with Crippen LogP contribution < -0.4 is 10.6 Å². The molecule has 3 aromatic rings. The molecule has 2 N–H and O–H groups in total. The molecule has 6 heteroatoms. The third-order valence-corrected chi connectivity index (χ3v) is 6.90. The average Bonchev–Trinajstić information content (AvgIpc) is 3.15. The smallest absolute Gasteiger partial charge is 0.256 e. The number of amides is 1. The number of carbonyl (C=O) groups excluding carboxylic acids is 2. The van der Waals surface area contributed by atoms with E-state index < -0.39 is 0 Å². The second kappa shape index (κ2) is 7.78. The van der Waals surface area contributed by atoms with Gasteiger partial charge in [-0.3, -0.25) is 14.9 Å². The zero-order valence-corrected chi connectivity index (χ0v) is 18.3. The molecule has 1 unspecified atom stereocenters. The lowest BCUT2D eigenvalue weighted by molar-refractivity contribution is -0.116. The van der Waals surface area contributed by atoms with Crippen molar-refractivity contribution in [3.63, 3.8) is 0 Å². The Balaban J connectivity index is 1.56. The van der Waals surface area contributed by atoms with Gasteiger partial charge in [-0.05, 0) is 44.4 Å². The highest BCUT2D eigenvalue weighted by Crippen LogP contribution is 2.42. The van der Waals surface area contributed by atoms with Crippen LogP contribution in [0.15, 0.2) is 71.1 Å². The number of carbonyl (C=O) groups is 2. The molecule has 5 nitrogen and oxygen atoms in total. The number of aryl methyl sites for hydroxylation is 1. The van der Waals surface area contributed by atoms with Gasteiger partial charge in [-0.25, -0.2) is 4.98 Å². The van der Waals surface area contributed by atoms with Gasteiger partial charge in [-0.2, -0.15) is 0 Å². The fraction of sp³-hybridized carbons (Fsp3) is 0.240. The maximum absolute atomic E-state index is 13.5. The normalized spacial score (nSPS) is 18.8. The van der Waals surface area contributed by atoms with Crippen LogP contribution in [0.25, 0.3) is 10.2 Å². The molecule has 31 heavy (non-hydrogen) atoms. The van der Waals surface area contributed by atoms with Gasteiger partial charge in [0.2, 0.25) is 0 Å². The fourth-order valence-corrected chi connectivity index (χ4v) is 5.33. The molecule has 0 bridgehead atoms. The van der Waals surface area contributed by atoms with Crippen LogP contribution in [0.2, 0.25) is 0 Å². The predicted molar refractivity (Wildman–Crippen MR) is 124 cm³/mol. The van der Waals surface area contributed by atoms with E-state index in [1.165, 1.54) is 11.3 Å². The molecule has 2 aliphatic rings. The summed E-state index contributed by atoms with van der Waals surface area (Å²) in [5.74, 6) is -0.476. The molecule has 1 amide bonds. The minimum Gasteiger partial charge on any atom is -0.362 e. The van der Waals surface area contributed by atoms with Crippen molar-refractivity contribution in [3.05, 3.63) is 82.2 Å². The fourth-order valence-electron chi connectivity index (χ4n) is 4.47. The standard InChI is InChI=1S/C25H23N3O2S/c1-14-10-12-16(13-11-14)22-21(15(2)26-18-7-5-8-19(29)23(18)22)24(30)28-25-27-17-6-3-4-9-20(17)31-25/h3-4,6,9-13,22,26H,5,7-8H2,1-2H3,(H,27,28,30). The van der Waals surface area contributed by atoms with Gasteiger partial charge >= 0.3 is 0 Å². The van der Waals surface area contributed by atoms with Gasteiger partial charge in [0.05, 0.1) is 10.2 Å². The lowest BCUT2D eigenvalue weighted by Crippen LogP contribution is -2.35. The lowest BCUT2D eigenvalue weighted by atomic mass is 9.75. The van der Waals surface area contributed by atoms with E-state index in [1.807, 2.05) is 62.4 Å². The molecule has 2 aromatic carbocycles. The number of hydrogen-bond donors (Lipinski definition) is 2. The van der Waals surface area contributed by atoms with E-state index in [1.54, 1.807) is 0 Å². The molecule has 156 valence electrons. The number of aromatic nitrogens is 1. The number of fused-ring (bicyclic) bond motifs is 1. The molecule has 0 saturated carbocycles. The Morgan fingerprint density at radius 2 is 1.87 bits per heavy atom. The summed E-state index contributed by atoms with van der Waals surface area (Å²) in [6.07, 6.45) is 2.19. The number of para-hydroxylation sites is 1. The van der Waals surface area contributed by atoms with Gasteiger partial charge in [0.1, 0.15) is 0 Å². The van der Waals surface area contributed by atoms with E-state index in [0.29, 0.717) is 17.1 Å². The second-order valence-corrected chi connectivity index (χ2v) is 9.15. The number of dihydropyridines is 1. The minimum absolute atomic E-state index is 0.122. The van der Waals surface area contributed by atoms with Crippen LogP contribution in [0.3, 0.4) is 0 Å². The number of anilines is 1. The molecule has 0 spiro atoms. The summed E-state index contributed by atoms with van der Waals surface area (Å²) in [7, 11) is 0. The minimum atomic E-state index is -0.376. The summed E-state index contributed by atoms with van der Waals surface area (Å²) < 4.78 is 1.02. The summed E-state index contributed by atoms with van der Waals surface area (Å²) in [6.45, 7) is 3.95. The molecule has 0 radical (unpaired) electrons. The first-order chi connectivity index (χ1) is 15.0. The first-order valence-electron chi connectivity index (χ1n) is 10.5. The Labute approximate surface area is 184 Å². The van der Waals surface area contributed by atoms with Gasteiger partial charge in [0.15, 0.2) is 10.9 Å². The number of rotatable bonds is 3. The zero-order chi connectivity index (χ0) is 21.5. The first-order valence-corrected chi connectivity index (χ1v) is 11.3. The lowest BCUT2D eigenvalue weighted by Gasteiger charge is -2.34. The van der Waals surface area contributed by atoms with Crippen LogP contribution >= 0.6 is 11.3 Å². The summed E-state index contributed by atoms with van der Waals surface area (Å²) in [6, 6.07) is 15.9. The van der Waals surface area contributed by atoms with Crippen LogP contribution in [0.1, 0.15) is 43.2 Å². The Morgan fingerprint density at radius 3 is 2.65 bits per heavy atom. The summed E-state index contributed by atoms with van der Waals surface area (Å²) in [4.78, 5) is 31.0. The number of ketones is 1. The molecule has 1 aliphatic carbocycles. The van der Waals surface area contributed by atoms with E-state index in [2.05, 4.69) is 15.6 Å². The highest BCUT2D eigenvalue weighted by atomic mass is 32.1. The SMILES string of the molecule is CC1=C(C(=O)Nc2nc3ccccc3s2)C(c2ccc(C)cc2)C2=C(CCCC2=O)N1. The Hall–Kier alpha value is -3.25. The van der Waals surface area contributed by atoms with E-state index in [9.17, 15) is 9.59 Å². The highest BCUT2D eigenvalue weighted by Gasteiger charge is 2.38. The molecule has 0 saturated heterocycles. The van der Waals surface area contributed by atoms with Crippen molar-refractivity contribution in [2.24, 2.45) is 0 Å². The van der Waals surface area contributed by atoms with E-state index >= 15 is 0 Å². The third-order valence-electron chi connectivity index (χ3n) is 5.95. The van der Waals surface area contributed by atoms with Crippen molar-refractivity contribution in [1.29, 1.82) is 0 Å². The molecular weight excluding hydrogens is 406 g/mol. The van der Waals surface area contributed by atoms with Gasteiger partial charge in [-0.15, -0.1) is 0 Å². The monoisotopic (exact) mass is 429 g/mol. The summed E-state index contributed by atoms with van der Waals surface area (Å²) in [5, 5.41) is 6.91. The summed E-state index contributed by atoms with van der Waals surface area (Å²) in [5.41, 5.74) is 6.02. The van der Waals surface area contributed by atoms with Crippen LogP contribution in [-0.2, 0) is 9.59 Å². The van der Waals surface area contributed by atoms with E-state index in [0.717, 1.165) is 51.2 Å². The molecule has 2 heterocycles. The topological polar surface area (TPSA) is 71.1 Å².